The second-order valence-corrected chi connectivity index (χ2v) is 8.62. The van der Waals surface area contributed by atoms with Crippen molar-refractivity contribution in [2.75, 3.05) is 12.3 Å². The number of nitrogens with zero attached hydrogens (tertiary/aromatic N) is 1. The third-order valence-electron chi connectivity index (χ3n) is 5.18. The minimum Gasteiger partial charge on any atom is -0.481 e. The van der Waals surface area contributed by atoms with Gasteiger partial charge in [0.1, 0.15) is 11.6 Å². The van der Waals surface area contributed by atoms with E-state index in [0.29, 0.717) is 6.42 Å². The van der Waals surface area contributed by atoms with Crippen molar-refractivity contribution >= 4 is 35.3 Å². The zero-order valence-corrected chi connectivity index (χ0v) is 16.8. The molecule has 1 unspecified atom stereocenters. The number of urea groups is 1. The number of unbranched alkanes of at least 4 members (excludes halogenated alkanes) is 1. The van der Waals surface area contributed by atoms with Gasteiger partial charge in [0.15, 0.2) is 0 Å². The summed E-state index contributed by atoms with van der Waals surface area (Å²) in [6.07, 6.45) is 2.14. The van der Waals surface area contributed by atoms with Gasteiger partial charge in [-0.3, -0.25) is 14.4 Å². The second kappa shape index (κ2) is 10.8. The van der Waals surface area contributed by atoms with Crippen LogP contribution in [0.1, 0.15) is 51.4 Å². The molecule has 4 atom stereocenters. The number of rotatable bonds is 13. The van der Waals surface area contributed by atoms with Gasteiger partial charge in [-0.25, -0.2) is 4.79 Å². The van der Waals surface area contributed by atoms with Gasteiger partial charge in [-0.15, -0.1) is 0 Å². The van der Waals surface area contributed by atoms with Gasteiger partial charge >= 0.3 is 12.0 Å². The Kier molecular flexibility index (Phi) is 8.71. The summed E-state index contributed by atoms with van der Waals surface area (Å²) in [6, 6.07) is -0.358. The molecule has 0 aromatic carbocycles. The highest BCUT2D eigenvalue weighted by atomic mass is 32.2. The van der Waals surface area contributed by atoms with E-state index in [1.807, 2.05) is 0 Å². The number of thioether (sulfide) groups is 1. The monoisotopic (exact) mass is 414 g/mol. The Labute approximate surface area is 168 Å². The maximum atomic E-state index is 12.4. The molecule has 2 amide bonds. The summed E-state index contributed by atoms with van der Waals surface area (Å²) in [6.45, 7) is 0.273. The van der Waals surface area contributed by atoms with Gasteiger partial charge in [-0.2, -0.15) is 11.8 Å². The first-order valence-electron chi connectivity index (χ1n) is 9.74. The average molecular weight is 415 g/mol. The molecule has 0 aromatic rings. The molecule has 0 radical (unpaired) electrons. The lowest BCUT2D eigenvalue weighted by Gasteiger charge is -2.32. The van der Waals surface area contributed by atoms with Crippen molar-refractivity contribution in [2.24, 2.45) is 11.5 Å². The second-order valence-electron chi connectivity index (χ2n) is 7.35. The van der Waals surface area contributed by atoms with Crippen molar-refractivity contribution in [1.82, 2.24) is 10.2 Å². The first-order valence-corrected chi connectivity index (χ1v) is 10.8. The van der Waals surface area contributed by atoms with Crippen molar-refractivity contribution in [2.45, 2.75) is 74.9 Å². The number of carboxylic acids is 1. The van der Waals surface area contributed by atoms with Crippen LogP contribution in [0.3, 0.4) is 0 Å². The highest BCUT2D eigenvalue weighted by molar-refractivity contribution is 8.00. The van der Waals surface area contributed by atoms with E-state index in [9.17, 15) is 19.2 Å². The van der Waals surface area contributed by atoms with E-state index in [-0.39, 0.29) is 73.6 Å². The highest BCUT2D eigenvalue weighted by Gasteiger charge is 2.50. The third kappa shape index (κ3) is 6.18. The maximum Gasteiger partial charge on any atom is 0.319 e. The summed E-state index contributed by atoms with van der Waals surface area (Å²) in [5.41, 5.74) is 11.5. The lowest BCUT2D eigenvalue weighted by molar-refractivity contribution is -0.137. The number of aliphatic carboxylic acids is 1. The number of nitrogens with two attached hydrogens (primary N) is 2. The molecule has 158 valence electrons. The van der Waals surface area contributed by atoms with Crippen molar-refractivity contribution in [1.29, 1.82) is 0 Å². The summed E-state index contributed by atoms with van der Waals surface area (Å²) in [4.78, 5) is 48.3. The Morgan fingerprint density at radius 2 is 1.89 bits per heavy atom. The van der Waals surface area contributed by atoms with Gasteiger partial charge in [0.05, 0.1) is 18.2 Å². The topological polar surface area (TPSA) is 156 Å². The molecule has 0 saturated carbocycles. The molecule has 10 heteroatoms. The Hall–Kier alpha value is -1.65. The molecular weight excluding hydrogens is 384 g/mol. The number of fused-ring (bicyclic) bond motifs is 1. The van der Waals surface area contributed by atoms with Crippen molar-refractivity contribution < 1.29 is 24.3 Å². The zero-order valence-electron chi connectivity index (χ0n) is 16.0. The summed E-state index contributed by atoms with van der Waals surface area (Å²) in [5.74, 6) is -0.207. The van der Waals surface area contributed by atoms with Gasteiger partial charge in [0.2, 0.25) is 0 Å². The quantitative estimate of drug-likeness (QED) is 0.250. The number of carboxylic acid groups (broad SMARTS) is 1. The average Bonchev–Trinajstić information content (AvgIpc) is 3.15. The normalized spacial score (nSPS) is 24.7. The first kappa shape index (κ1) is 22.6. The third-order valence-corrected chi connectivity index (χ3v) is 6.67. The van der Waals surface area contributed by atoms with Crippen LogP contribution in [0.5, 0.6) is 0 Å². The zero-order chi connectivity index (χ0) is 20.7. The largest absolute Gasteiger partial charge is 0.481 e. The first-order chi connectivity index (χ1) is 13.3. The van der Waals surface area contributed by atoms with E-state index < -0.39 is 12.1 Å². The van der Waals surface area contributed by atoms with E-state index in [0.717, 1.165) is 18.6 Å². The van der Waals surface area contributed by atoms with Crippen LogP contribution in [0.25, 0.3) is 0 Å². The number of carbonyl (C=O) groups is 4. The molecule has 9 nitrogen and oxygen atoms in total. The highest BCUT2D eigenvalue weighted by Crippen LogP contribution is 2.38. The minimum absolute atomic E-state index is 0.00532. The van der Waals surface area contributed by atoms with Crippen LogP contribution in [-0.4, -0.2) is 69.4 Å². The molecule has 2 heterocycles. The molecule has 28 heavy (non-hydrogen) atoms. The number of hydrogen-bond donors (Lipinski definition) is 4. The standard InChI is InChI=1S/C18H30N4O5S/c19-8-7-11(23)5-6-12(24)9-15(20)22-17-13(21-18(22)27)10-28-14(17)3-1-2-4-16(25)26/h13-15,17H,1-10,19-20H2,(H,21,27)(H,25,26)/t13-,14-,15?,17-/m0/s1. The number of amides is 2. The van der Waals surface area contributed by atoms with Crippen LogP contribution >= 0.6 is 11.8 Å². The predicted octanol–water partition coefficient (Wildman–Crippen LogP) is 0.451. The van der Waals surface area contributed by atoms with Crippen LogP contribution in [0.15, 0.2) is 0 Å². The lowest BCUT2D eigenvalue weighted by Crippen LogP contribution is -2.52. The Balaban J connectivity index is 1.87. The summed E-state index contributed by atoms with van der Waals surface area (Å²) >= 11 is 1.75. The molecule has 0 bridgehead atoms. The summed E-state index contributed by atoms with van der Waals surface area (Å²) in [7, 11) is 0. The van der Waals surface area contributed by atoms with E-state index in [2.05, 4.69) is 5.32 Å². The lowest BCUT2D eigenvalue weighted by atomic mass is 10.00. The van der Waals surface area contributed by atoms with Gasteiger partial charge in [0, 0.05) is 43.1 Å². The smallest absolute Gasteiger partial charge is 0.319 e. The fraction of sp³-hybridized carbons (Fsp3) is 0.778. The molecular formula is C18H30N4O5S. The van der Waals surface area contributed by atoms with Crippen molar-refractivity contribution in [3.63, 3.8) is 0 Å². The van der Waals surface area contributed by atoms with E-state index in [1.165, 1.54) is 0 Å². The molecule has 0 aromatic heterocycles. The van der Waals surface area contributed by atoms with Crippen LogP contribution in [0.4, 0.5) is 4.79 Å². The molecule has 2 aliphatic heterocycles. The number of carbonyl (C=O) groups excluding carboxylic acids is 3. The SMILES string of the molecule is NCCC(=O)CCC(=O)CC(N)N1C(=O)N[C@H]2CS[C@@H](CCCCC(=O)O)[C@H]21. The van der Waals surface area contributed by atoms with Crippen molar-refractivity contribution in [3.05, 3.63) is 0 Å². The molecule has 6 N–H and O–H groups in total. The van der Waals surface area contributed by atoms with E-state index >= 15 is 0 Å². The molecule has 0 spiro atoms. The number of ketones is 2. The molecule has 0 aliphatic carbocycles. The van der Waals surface area contributed by atoms with Gasteiger partial charge in [-0.05, 0) is 19.4 Å². The minimum atomic E-state index is -0.804. The van der Waals surface area contributed by atoms with Crippen LogP contribution in [-0.2, 0) is 14.4 Å². The molecule has 2 fully saturated rings. The van der Waals surface area contributed by atoms with Crippen LogP contribution in [0, 0.1) is 0 Å². The van der Waals surface area contributed by atoms with Crippen molar-refractivity contribution in [3.8, 4) is 0 Å². The fourth-order valence-electron chi connectivity index (χ4n) is 3.80. The van der Waals surface area contributed by atoms with E-state index in [1.54, 1.807) is 16.7 Å². The number of Topliss-reactive ketones (excluding diaryl/α,β-unsaturated/α-hetero) is 2. The fourth-order valence-corrected chi connectivity index (χ4v) is 5.38. The molecule has 2 aliphatic rings. The van der Waals surface area contributed by atoms with Gasteiger partial charge in [0.25, 0.3) is 0 Å². The summed E-state index contributed by atoms with van der Waals surface area (Å²) in [5, 5.41) is 11.9. The number of hydrogen-bond acceptors (Lipinski definition) is 7. The molecule has 2 saturated heterocycles. The van der Waals surface area contributed by atoms with E-state index in [4.69, 9.17) is 16.6 Å². The van der Waals surface area contributed by atoms with Crippen LogP contribution < -0.4 is 16.8 Å². The van der Waals surface area contributed by atoms with Gasteiger partial charge in [-0.1, -0.05) is 6.42 Å². The van der Waals surface area contributed by atoms with Gasteiger partial charge < -0.3 is 26.8 Å². The predicted molar refractivity (Wildman–Crippen MR) is 106 cm³/mol. The number of nitrogens with one attached hydrogen (secondary N) is 1. The Morgan fingerprint density at radius 1 is 1.18 bits per heavy atom. The Morgan fingerprint density at radius 3 is 2.57 bits per heavy atom. The maximum absolute atomic E-state index is 12.4. The molecule has 2 rings (SSSR count). The Bertz CT molecular complexity index is 603. The van der Waals surface area contributed by atoms with Crippen LogP contribution in [0.2, 0.25) is 0 Å². The summed E-state index contributed by atoms with van der Waals surface area (Å²) < 4.78 is 0.